The first-order chi connectivity index (χ1) is 16.5. The zero-order valence-corrected chi connectivity index (χ0v) is 20.3. The van der Waals surface area contributed by atoms with Gasteiger partial charge >= 0.3 is 0 Å². The largest absolute Gasteiger partial charge is 0.352 e. The van der Waals surface area contributed by atoms with Crippen molar-refractivity contribution in [2.75, 3.05) is 17.1 Å². The van der Waals surface area contributed by atoms with Gasteiger partial charge in [0.05, 0.1) is 11.9 Å². The van der Waals surface area contributed by atoms with Gasteiger partial charge in [-0.3, -0.25) is 13.9 Å². The van der Waals surface area contributed by atoms with Gasteiger partial charge < -0.3 is 10.2 Å². The van der Waals surface area contributed by atoms with Crippen LogP contribution < -0.4 is 9.62 Å². The average molecular weight is 512 g/mol. The van der Waals surface area contributed by atoms with E-state index in [1.165, 1.54) is 25.1 Å². The van der Waals surface area contributed by atoms with Gasteiger partial charge in [0, 0.05) is 24.2 Å². The van der Waals surface area contributed by atoms with Crippen molar-refractivity contribution in [2.45, 2.75) is 51.2 Å². The maximum absolute atomic E-state index is 14.4. The van der Waals surface area contributed by atoms with Crippen molar-refractivity contribution in [1.29, 1.82) is 0 Å². The van der Waals surface area contributed by atoms with Crippen LogP contribution in [0.3, 0.4) is 0 Å². The monoisotopic (exact) mass is 511 g/mol. The summed E-state index contributed by atoms with van der Waals surface area (Å²) < 4.78 is 67.1. The van der Waals surface area contributed by atoms with Gasteiger partial charge in [-0.25, -0.2) is 21.6 Å². The van der Waals surface area contributed by atoms with E-state index in [2.05, 4.69) is 5.32 Å². The van der Waals surface area contributed by atoms with Crippen LogP contribution in [0.2, 0.25) is 0 Å². The van der Waals surface area contributed by atoms with Gasteiger partial charge in [0.15, 0.2) is 11.6 Å². The highest BCUT2D eigenvalue weighted by atomic mass is 32.2. The predicted octanol–water partition coefficient (Wildman–Crippen LogP) is 3.35. The summed E-state index contributed by atoms with van der Waals surface area (Å²) in [6.45, 7) is 0.394. The lowest BCUT2D eigenvalue weighted by atomic mass is 10.1. The lowest BCUT2D eigenvalue weighted by molar-refractivity contribution is -0.139. The Balaban J connectivity index is 1.90. The molecule has 1 atom stereocenters. The van der Waals surface area contributed by atoms with Crippen LogP contribution in [0.5, 0.6) is 0 Å². The van der Waals surface area contributed by atoms with E-state index in [-0.39, 0.29) is 23.8 Å². The fourth-order valence-corrected chi connectivity index (χ4v) is 4.88. The third-order valence-corrected chi connectivity index (χ3v) is 7.18. The van der Waals surface area contributed by atoms with Crippen molar-refractivity contribution in [3.8, 4) is 0 Å². The standard InChI is InChI=1S/C24H28F3N3O4S/c1-16(24(32)28-18-8-4-5-9-18)29(14-17-7-3-6-10-20(17)25)23(31)15-30(35(2,33)34)19-11-12-21(26)22(27)13-19/h3,6-7,10-13,16,18H,4-5,8-9,14-15H2,1-2H3,(H,28,32)/t16-/m1/s1. The Labute approximate surface area is 203 Å². The number of rotatable bonds is 9. The van der Waals surface area contributed by atoms with Crippen LogP contribution in [0, 0.1) is 17.5 Å². The Morgan fingerprint density at radius 3 is 2.29 bits per heavy atom. The average Bonchev–Trinajstić information content (AvgIpc) is 3.30. The van der Waals surface area contributed by atoms with Crippen LogP contribution in [0.1, 0.15) is 38.2 Å². The molecule has 1 aliphatic rings. The third-order valence-electron chi connectivity index (χ3n) is 6.04. The zero-order valence-electron chi connectivity index (χ0n) is 19.5. The molecule has 0 aromatic heterocycles. The summed E-state index contributed by atoms with van der Waals surface area (Å²) in [5, 5.41) is 2.89. The highest BCUT2D eigenvalue weighted by molar-refractivity contribution is 7.92. The Kier molecular flexibility index (Phi) is 8.42. The van der Waals surface area contributed by atoms with Gasteiger partial charge in [0.2, 0.25) is 21.8 Å². The third kappa shape index (κ3) is 6.74. The molecule has 1 saturated carbocycles. The molecular weight excluding hydrogens is 483 g/mol. The van der Waals surface area contributed by atoms with Crippen molar-refractivity contribution in [1.82, 2.24) is 10.2 Å². The van der Waals surface area contributed by atoms with Crippen molar-refractivity contribution in [3.05, 3.63) is 65.5 Å². The number of carbonyl (C=O) groups is 2. The molecule has 0 unspecified atom stereocenters. The molecule has 2 aromatic rings. The van der Waals surface area contributed by atoms with E-state index < -0.39 is 51.9 Å². The summed E-state index contributed by atoms with van der Waals surface area (Å²) in [7, 11) is -4.10. The van der Waals surface area contributed by atoms with Crippen LogP contribution in [0.4, 0.5) is 18.9 Å². The molecule has 0 saturated heterocycles. The summed E-state index contributed by atoms with van der Waals surface area (Å²) >= 11 is 0. The summed E-state index contributed by atoms with van der Waals surface area (Å²) in [5.74, 6) is -4.30. The molecule has 0 radical (unpaired) electrons. The molecule has 35 heavy (non-hydrogen) atoms. The summed E-state index contributed by atoms with van der Waals surface area (Å²) in [6, 6.07) is 7.11. The zero-order chi connectivity index (χ0) is 25.8. The van der Waals surface area contributed by atoms with Gasteiger partial charge in [-0.1, -0.05) is 31.0 Å². The second-order valence-corrected chi connectivity index (χ2v) is 10.6. The van der Waals surface area contributed by atoms with Crippen LogP contribution in [0.15, 0.2) is 42.5 Å². The van der Waals surface area contributed by atoms with E-state index in [0.717, 1.165) is 49.0 Å². The number of carbonyl (C=O) groups excluding carboxylic acids is 2. The van der Waals surface area contributed by atoms with E-state index >= 15 is 0 Å². The normalized spacial score (nSPS) is 15.0. The van der Waals surface area contributed by atoms with Crippen LogP contribution in [-0.4, -0.2) is 50.0 Å². The molecule has 11 heteroatoms. The smallest absolute Gasteiger partial charge is 0.244 e. The number of halogens is 3. The second-order valence-electron chi connectivity index (χ2n) is 8.65. The minimum atomic E-state index is -4.10. The molecule has 0 spiro atoms. The maximum Gasteiger partial charge on any atom is 0.244 e. The van der Waals surface area contributed by atoms with E-state index in [0.29, 0.717) is 10.4 Å². The fraction of sp³-hybridized carbons (Fsp3) is 0.417. The van der Waals surface area contributed by atoms with Crippen LogP contribution in [0.25, 0.3) is 0 Å². The number of anilines is 1. The van der Waals surface area contributed by atoms with Crippen molar-refractivity contribution >= 4 is 27.5 Å². The van der Waals surface area contributed by atoms with E-state index in [4.69, 9.17) is 0 Å². The first kappa shape index (κ1) is 26.5. The molecular formula is C24H28F3N3O4S. The number of hydrogen-bond donors (Lipinski definition) is 1. The molecule has 190 valence electrons. The van der Waals surface area contributed by atoms with E-state index in [1.54, 1.807) is 6.07 Å². The highest BCUT2D eigenvalue weighted by Gasteiger charge is 2.32. The van der Waals surface area contributed by atoms with Crippen molar-refractivity contribution < 1.29 is 31.2 Å². The molecule has 1 aliphatic carbocycles. The lowest BCUT2D eigenvalue weighted by Crippen LogP contribution is -2.52. The fourth-order valence-electron chi connectivity index (χ4n) is 4.04. The van der Waals surface area contributed by atoms with Gasteiger partial charge in [-0.05, 0) is 38.0 Å². The number of sulfonamides is 1. The SMILES string of the molecule is C[C@H](C(=O)NC1CCCC1)N(Cc1ccccc1F)C(=O)CN(c1ccc(F)c(F)c1)S(C)(=O)=O. The number of nitrogens with zero attached hydrogens (tertiary/aromatic N) is 2. The lowest BCUT2D eigenvalue weighted by Gasteiger charge is -2.32. The predicted molar refractivity (Wildman–Crippen MR) is 125 cm³/mol. The van der Waals surface area contributed by atoms with Crippen LogP contribution in [-0.2, 0) is 26.2 Å². The molecule has 0 aliphatic heterocycles. The Hall–Kier alpha value is -3.08. The first-order valence-electron chi connectivity index (χ1n) is 11.2. The van der Waals surface area contributed by atoms with Gasteiger partial charge in [-0.15, -0.1) is 0 Å². The number of hydrogen-bond acceptors (Lipinski definition) is 4. The van der Waals surface area contributed by atoms with Crippen molar-refractivity contribution in [3.63, 3.8) is 0 Å². The van der Waals surface area contributed by atoms with E-state index in [1.807, 2.05) is 0 Å². The quantitative estimate of drug-likeness (QED) is 0.560. The first-order valence-corrected chi connectivity index (χ1v) is 13.1. The van der Waals surface area contributed by atoms with Gasteiger partial charge in [0.1, 0.15) is 18.4 Å². The van der Waals surface area contributed by atoms with E-state index in [9.17, 15) is 31.2 Å². The van der Waals surface area contributed by atoms with Gasteiger partial charge in [0.25, 0.3) is 0 Å². The molecule has 2 aromatic carbocycles. The van der Waals surface area contributed by atoms with Gasteiger partial charge in [-0.2, -0.15) is 0 Å². The van der Waals surface area contributed by atoms with Crippen molar-refractivity contribution in [2.24, 2.45) is 0 Å². The highest BCUT2D eigenvalue weighted by Crippen LogP contribution is 2.22. The van der Waals surface area contributed by atoms with Crippen LogP contribution >= 0.6 is 0 Å². The Morgan fingerprint density at radius 1 is 1.03 bits per heavy atom. The Bertz CT molecular complexity index is 1190. The molecule has 2 amide bonds. The summed E-state index contributed by atoms with van der Waals surface area (Å²) in [4.78, 5) is 27.4. The summed E-state index contributed by atoms with van der Waals surface area (Å²) in [5.41, 5.74) is -0.117. The molecule has 3 rings (SSSR count). The number of nitrogens with one attached hydrogen (secondary N) is 1. The molecule has 1 N–H and O–H groups in total. The second kappa shape index (κ2) is 11.1. The molecule has 1 fully saturated rings. The summed E-state index contributed by atoms with van der Waals surface area (Å²) in [6.07, 6.45) is 4.41. The number of amides is 2. The minimum Gasteiger partial charge on any atom is -0.352 e. The molecule has 0 heterocycles. The number of benzene rings is 2. The Morgan fingerprint density at radius 2 is 1.69 bits per heavy atom. The maximum atomic E-state index is 14.4. The molecule has 0 bridgehead atoms. The topological polar surface area (TPSA) is 86.8 Å². The molecule has 7 nitrogen and oxygen atoms in total. The minimum absolute atomic E-state index is 0.0231.